The summed E-state index contributed by atoms with van der Waals surface area (Å²) in [7, 11) is 0. The minimum atomic E-state index is -0.376. The molecule has 2 rings (SSSR count). The van der Waals surface area contributed by atoms with E-state index in [0.717, 1.165) is 11.4 Å². The van der Waals surface area contributed by atoms with E-state index in [0.29, 0.717) is 19.2 Å². The second kappa shape index (κ2) is 4.50. The van der Waals surface area contributed by atoms with Gasteiger partial charge in [-0.3, -0.25) is 0 Å². The second-order valence-electron chi connectivity index (χ2n) is 3.67. The molecule has 0 amide bonds. The van der Waals surface area contributed by atoms with E-state index in [1.807, 2.05) is 24.3 Å². The zero-order valence-electron chi connectivity index (χ0n) is 8.49. The lowest BCUT2D eigenvalue weighted by Crippen LogP contribution is -2.43. The number of hydrogen-bond donors (Lipinski definition) is 0. The minimum Gasteiger partial charge on any atom is -0.489 e. The molecule has 0 bridgehead atoms. The summed E-state index contributed by atoms with van der Waals surface area (Å²) in [5.41, 5.74) is 1.07. The number of halogens is 2. The van der Waals surface area contributed by atoms with E-state index >= 15 is 0 Å². The summed E-state index contributed by atoms with van der Waals surface area (Å²) in [5, 5.41) is 0. The molecule has 1 aliphatic heterocycles. The lowest BCUT2D eigenvalue weighted by Gasteiger charge is -2.37. The maximum atomic E-state index is 5.83. The van der Waals surface area contributed by atoms with Crippen LogP contribution in [0.5, 0.6) is 5.75 Å². The van der Waals surface area contributed by atoms with Crippen molar-refractivity contribution in [3.8, 4) is 5.75 Å². The smallest absolute Gasteiger partial charge is 0.142 e. The molecule has 15 heavy (non-hydrogen) atoms. The maximum Gasteiger partial charge on any atom is 0.142 e. The van der Waals surface area contributed by atoms with Gasteiger partial charge in [-0.25, -0.2) is 0 Å². The molecule has 1 aromatic rings. The van der Waals surface area contributed by atoms with Gasteiger partial charge in [0.25, 0.3) is 0 Å². The van der Waals surface area contributed by atoms with Gasteiger partial charge in [0.1, 0.15) is 17.2 Å². The lowest BCUT2D eigenvalue weighted by atomic mass is 10.2. The van der Waals surface area contributed by atoms with E-state index in [-0.39, 0.29) is 4.84 Å². The summed E-state index contributed by atoms with van der Waals surface area (Å²) >= 11 is 11.7. The van der Waals surface area contributed by atoms with Crippen LogP contribution >= 0.6 is 23.2 Å². The molecule has 1 aliphatic rings. The van der Waals surface area contributed by atoms with Crippen LogP contribution in [0.25, 0.3) is 0 Å². The fourth-order valence-corrected chi connectivity index (χ4v) is 2.08. The second-order valence-corrected chi connectivity index (χ2v) is 4.95. The minimum absolute atomic E-state index is 0.305. The van der Waals surface area contributed by atoms with Crippen LogP contribution in [0.15, 0.2) is 24.3 Å². The van der Waals surface area contributed by atoms with Gasteiger partial charge in [0.05, 0.1) is 11.7 Å². The molecule has 0 aromatic heterocycles. The van der Waals surface area contributed by atoms with Crippen LogP contribution in [-0.2, 0) is 0 Å². The molecule has 0 N–H and O–H groups in total. The Labute approximate surface area is 99.7 Å². The molecule has 1 heterocycles. The Hall–Kier alpha value is -0.600. The van der Waals surface area contributed by atoms with Crippen molar-refractivity contribution in [3.05, 3.63) is 24.3 Å². The zero-order chi connectivity index (χ0) is 10.8. The average molecular weight is 246 g/mol. The Bertz CT molecular complexity index is 343. The predicted octanol–water partition coefficient (Wildman–Crippen LogP) is 3.08. The number of benzene rings is 1. The zero-order valence-corrected chi connectivity index (χ0v) is 10.0. The van der Waals surface area contributed by atoms with Crippen LogP contribution in [0.1, 0.15) is 6.92 Å². The molecule has 0 saturated heterocycles. The third kappa shape index (κ3) is 2.32. The van der Waals surface area contributed by atoms with E-state index in [9.17, 15) is 0 Å². The maximum absolute atomic E-state index is 5.83. The first-order valence-electron chi connectivity index (χ1n) is 4.95. The number of anilines is 1. The molecular weight excluding hydrogens is 233 g/mol. The molecule has 0 aliphatic carbocycles. The Kier molecular flexibility index (Phi) is 3.27. The van der Waals surface area contributed by atoms with Gasteiger partial charge < -0.3 is 9.64 Å². The first-order chi connectivity index (χ1) is 7.18. The number of para-hydroxylation sites is 2. The molecule has 4 heteroatoms. The van der Waals surface area contributed by atoms with Crippen LogP contribution in [0.4, 0.5) is 5.69 Å². The van der Waals surface area contributed by atoms with Gasteiger partial charge in [0, 0.05) is 6.54 Å². The highest BCUT2D eigenvalue weighted by Crippen LogP contribution is 2.33. The molecule has 1 unspecified atom stereocenters. The first kappa shape index (κ1) is 10.9. The summed E-state index contributed by atoms with van der Waals surface area (Å²) in [4.78, 5) is 1.81. The molecule has 0 spiro atoms. The standard InChI is InChI=1S/C11H13Cl2NO/c1-8-7-15-10-5-3-2-4-9(10)14(8)6-11(12)13/h2-5,8,11H,6-7H2,1H3. The molecule has 2 nitrogen and oxygen atoms in total. The third-order valence-corrected chi connectivity index (χ3v) is 2.80. The quantitative estimate of drug-likeness (QED) is 0.743. The van der Waals surface area contributed by atoms with Gasteiger partial charge in [-0.05, 0) is 19.1 Å². The Morgan fingerprint density at radius 1 is 1.47 bits per heavy atom. The van der Waals surface area contributed by atoms with Gasteiger partial charge in [-0.2, -0.15) is 0 Å². The van der Waals surface area contributed by atoms with Gasteiger partial charge >= 0.3 is 0 Å². The van der Waals surface area contributed by atoms with Crippen molar-refractivity contribution < 1.29 is 4.74 Å². The first-order valence-corrected chi connectivity index (χ1v) is 5.82. The van der Waals surface area contributed by atoms with Crippen LogP contribution in [-0.4, -0.2) is 24.0 Å². The van der Waals surface area contributed by atoms with E-state index in [1.165, 1.54) is 0 Å². The Morgan fingerprint density at radius 2 is 2.20 bits per heavy atom. The van der Waals surface area contributed by atoms with Crippen molar-refractivity contribution in [3.63, 3.8) is 0 Å². The van der Waals surface area contributed by atoms with Gasteiger partial charge in [-0.1, -0.05) is 12.1 Å². The number of alkyl halides is 2. The van der Waals surface area contributed by atoms with Crippen LogP contribution in [0, 0.1) is 0 Å². The molecule has 82 valence electrons. The highest BCUT2D eigenvalue weighted by Gasteiger charge is 2.24. The molecular formula is C11H13Cl2NO. The van der Waals surface area contributed by atoms with Crippen molar-refractivity contribution in [1.82, 2.24) is 0 Å². The number of hydrogen-bond acceptors (Lipinski definition) is 2. The normalized spacial score (nSPS) is 20.0. The van der Waals surface area contributed by atoms with Crippen molar-refractivity contribution in [2.45, 2.75) is 17.8 Å². The van der Waals surface area contributed by atoms with Crippen molar-refractivity contribution in [2.75, 3.05) is 18.1 Å². The molecule has 1 atom stereocenters. The average Bonchev–Trinajstić information content (AvgIpc) is 2.22. The van der Waals surface area contributed by atoms with Crippen LogP contribution < -0.4 is 9.64 Å². The van der Waals surface area contributed by atoms with Crippen molar-refractivity contribution in [2.24, 2.45) is 0 Å². The summed E-state index contributed by atoms with van der Waals surface area (Å²) in [6, 6.07) is 8.25. The van der Waals surface area contributed by atoms with E-state index in [2.05, 4.69) is 11.8 Å². The molecule has 0 fully saturated rings. The summed E-state index contributed by atoms with van der Waals surface area (Å²) < 4.78 is 5.62. The number of ether oxygens (including phenoxy) is 1. The van der Waals surface area contributed by atoms with Crippen LogP contribution in [0.3, 0.4) is 0 Å². The largest absolute Gasteiger partial charge is 0.489 e. The summed E-state index contributed by atoms with van der Waals surface area (Å²) in [6.07, 6.45) is 0. The summed E-state index contributed by atoms with van der Waals surface area (Å²) in [5.74, 6) is 0.907. The van der Waals surface area contributed by atoms with E-state index in [1.54, 1.807) is 0 Å². The van der Waals surface area contributed by atoms with E-state index < -0.39 is 0 Å². The highest BCUT2D eigenvalue weighted by molar-refractivity contribution is 6.44. The molecule has 1 aromatic carbocycles. The topological polar surface area (TPSA) is 12.5 Å². The van der Waals surface area contributed by atoms with E-state index in [4.69, 9.17) is 27.9 Å². The lowest BCUT2D eigenvalue weighted by molar-refractivity contribution is 0.271. The molecule has 0 radical (unpaired) electrons. The van der Waals surface area contributed by atoms with Gasteiger partial charge in [-0.15, -0.1) is 23.2 Å². The molecule has 0 saturated carbocycles. The van der Waals surface area contributed by atoms with Crippen LogP contribution in [0.2, 0.25) is 0 Å². The van der Waals surface area contributed by atoms with Crippen molar-refractivity contribution in [1.29, 1.82) is 0 Å². The van der Waals surface area contributed by atoms with Gasteiger partial charge in [0.15, 0.2) is 0 Å². The Balaban J connectivity index is 2.28. The SMILES string of the molecule is CC1COc2ccccc2N1CC(Cl)Cl. The number of nitrogens with zero attached hydrogens (tertiary/aromatic N) is 1. The third-order valence-electron chi connectivity index (χ3n) is 2.52. The van der Waals surface area contributed by atoms with Crippen molar-refractivity contribution >= 4 is 28.9 Å². The number of fused-ring (bicyclic) bond motifs is 1. The highest BCUT2D eigenvalue weighted by atomic mass is 35.5. The monoisotopic (exact) mass is 245 g/mol. The summed E-state index contributed by atoms with van der Waals surface area (Å²) in [6.45, 7) is 3.41. The number of rotatable bonds is 2. The fraction of sp³-hybridized carbons (Fsp3) is 0.455. The van der Waals surface area contributed by atoms with Gasteiger partial charge in [0.2, 0.25) is 0 Å². The predicted molar refractivity (Wildman–Crippen MR) is 64.2 cm³/mol. The fourth-order valence-electron chi connectivity index (χ4n) is 1.78. The Morgan fingerprint density at radius 3 is 2.93 bits per heavy atom.